The second-order valence-corrected chi connectivity index (χ2v) is 4.36. The fourth-order valence-corrected chi connectivity index (χ4v) is 1.86. The number of furan rings is 1. The van der Waals surface area contributed by atoms with E-state index in [0.29, 0.717) is 16.5 Å². The van der Waals surface area contributed by atoms with Crippen molar-refractivity contribution in [3.8, 4) is 0 Å². The first-order valence-corrected chi connectivity index (χ1v) is 5.26. The van der Waals surface area contributed by atoms with Crippen LogP contribution in [0.5, 0.6) is 0 Å². The molecule has 1 amide bonds. The minimum absolute atomic E-state index is 0.185. The topological polar surface area (TPSA) is 55.1 Å². The summed E-state index contributed by atoms with van der Waals surface area (Å²) in [6.07, 6.45) is 3.22. The number of thiazole rings is 1. The number of hydrogen-bond acceptors (Lipinski definition) is 4. The first-order chi connectivity index (χ1) is 7.16. The molecule has 15 heavy (non-hydrogen) atoms. The molecule has 2 aromatic rings. The predicted octanol–water partition coefficient (Wildman–Crippen LogP) is 2.61. The fraction of sp³-hybridized carbons (Fsp3) is 0.200. The maximum atomic E-state index is 11.7. The number of amides is 1. The molecule has 0 spiro atoms. The number of nitrogens with one attached hydrogen (secondary N) is 1. The van der Waals surface area contributed by atoms with Crippen LogP contribution in [0.1, 0.15) is 21.0 Å². The summed E-state index contributed by atoms with van der Waals surface area (Å²) in [5, 5.41) is 3.32. The highest BCUT2D eigenvalue weighted by molar-refractivity contribution is 7.15. The van der Waals surface area contributed by atoms with Crippen molar-refractivity contribution in [2.24, 2.45) is 0 Å². The van der Waals surface area contributed by atoms with Gasteiger partial charge in [0, 0.05) is 11.1 Å². The molecule has 0 atom stereocenters. The summed E-state index contributed by atoms with van der Waals surface area (Å²) >= 11 is 1.45. The molecule has 2 aromatic heterocycles. The highest BCUT2D eigenvalue weighted by Gasteiger charge is 2.12. The first-order valence-electron chi connectivity index (χ1n) is 4.44. The van der Waals surface area contributed by atoms with Crippen LogP contribution in [0.2, 0.25) is 0 Å². The van der Waals surface area contributed by atoms with Crippen LogP contribution in [0.4, 0.5) is 5.13 Å². The molecule has 0 saturated heterocycles. The Morgan fingerprint density at radius 1 is 1.53 bits per heavy atom. The van der Waals surface area contributed by atoms with E-state index < -0.39 is 0 Å². The molecule has 5 heteroatoms. The zero-order valence-electron chi connectivity index (χ0n) is 8.40. The van der Waals surface area contributed by atoms with E-state index in [4.69, 9.17) is 4.42 Å². The van der Waals surface area contributed by atoms with Gasteiger partial charge < -0.3 is 4.42 Å². The first kappa shape index (κ1) is 9.92. The van der Waals surface area contributed by atoms with Gasteiger partial charge in [0.1, 0.15) is 5.76 Å². The van der Waals surface area contributed by atoms with Gasteiger partial charge in [0.2, 0.25) is 0 Å². The average molecular weight is 222 g/mol. The number of carbonyl (C=O) groups is 1. The van der Waals surface area contributed by atoms with Crippen LogP contribution in [-0.4, -0.2) is 10.9 Å². The Bertz CT molecular complexity index is 487. The summed E-state index contributed by atoms with van der Waals surface area (Å²) in [5.41, 5.74) is 0.544. The zero-order valence-corrected chi connectivity index (χ0v) is 9.22. The van der Waals surface area contributed by atoms with E-state index >= 15 is 0 Å². The standard InChI is InChI=1S/C10H10N2O2S/c1-6-5-11-10(15-6)12-9(13)8-3-4-14-7(8)2/h3-5H,1-2H3,(H,11,12,13). The summed E-state index contributed by atoms with van der Waals surface area (Å²) in [4.78, 5) is 16.8. The SMILES string of the molecule is Cc1cnc(NC(=O)c2ccoc2C)s1. The van der Waals surface area contributed by atoms with E-state index in [0.717, 1.165) is 4.88 Å². The summed E-state index contributed by atoms with van der Waals surface area (Å²) in [5.74, 6) is 0.427. The molecule has 4 nitrogen and oxygen atoms in total. The molecule has 0 aliphatic heterocycles. The minimum atomic E-state index is -0.185. The molecule has 78 valence electrons. The Morgan fingerprint density at radius 3 is 2.87 bits per heavy atom. The van der Waals surface area contributed by atoms with Gasteiger partial charge in [0.25, 0.3) is 5.91 Å². The van der Waals surface area contributed by atoms with E-state index in [9.17, 15) is 4.79 Å². The van der Waals surface area contributed by atoms with Crippen molar-refractivity contribution in [1.29, 1.82) is 0 Å². The lowest BCUT2D eigenvalue weighted by molar-refractivity contribution is 0.102. The average Bonchev–Trinajstić information content (AvgIpc) is 2.75. The van der Waals surface area contributed by atoms with Crippen LogP contribution in [0.25, 0.3) is 0 Å². The van der Waals surface area contributed by atoms with Crippen LogP contribution in [0.3, 0.4) is 0 Å². The monoisotopic (exact) mass is 222 g/mol. The van der Waals surface area contributed by atoms with Gasteiger partial charge in [-0.3, -0.25) is 10.1 Å². The van der Waals surface area contributed by atoms with Gasteiger partial charge in [-0.15, -0.1) is 11.3 Å². The lowest BCUT2D eigenvalue weighted by Crippen LogP contribution is -2.11. The van der Waals surface area contributed by atoms with Gasteiger partial charge in [0.05, 0.1) is 11.8 Å². The number of nitrogens with zero attached hydrogens (tertiary/aromatic N) is 1. The van der Waals surface area contributed by atoms with Crippen molar-refractivity contribution in [3.63, 3.8) is 0 Å². The Labute approximate surface area is 90.9 Å². The molecule has 0 aliphatic carbocycles. The van der Waals surface area contributed by atoms with E-state index in [-0.39, 0.29) is 5.91 Å². The highest BCUT2D eigenvalue weighted by Crippen LogP contribution is 2.18. The number of rotatable bonds is 2. The molecule has 0 saturated carbocycles. The molecule has 1 N–H and O–H groups in total. The Morgan fingerprint density at radius 2 is 2.33 bits per heavy atom. The van der Waals surface area contributed by atoms with Crippen molar-refractivity contribution in [2.45, 2.75) is 13.8 Å². The molecule has 0 aromatic carbocycles. The molecule has 0 unspecified atom stereocenters. The molecule has 0 radical (unpaired) electrons. The smallest absolute Gasteiger partial charge is 0.260 e. The van der Waals surface area contributed by atoms with Gasteiger partial charge in [-0.25, -0.2) is 4.98 Å². The van der Waals surface area contributed by atoms with Crippen LogP contribution in [0.15, 0.2) is 22.9 Å². The van der Waals surface area contributed by atoms with Crippen LogP contribution < -0.4 is 5.32 Å². The number of carbonyl (C=O) groups excluding carboxylic acids is 1. The molecule has 0 aliphatic rings. The molecule has 0 bridgehead atoms. The quantitative estimate of drug-likeness (QED) is 0.849. The van der Waals surface area contributed by atoms with Gasteiger partial charge in [-0.05, 0) is 19.9 Å². The van der Waals surface area contributed by atoms with Crippen molar-refractivity contribution in [2.75, 3.05) is 5.32 Å². The summed E-state index contributed by atoms with van der Waals surface area (Å²) in [6, 6.07) is 1.64. The molecule has 2 heterocycles. The maximum Gasteiger partial charge on any atom is 0.260 e. The third-order valence-corrected chi connectivity index (χ3v) is 2.77. The lowest BCUT2D eigenvalue weighted by atomic mass is 10.2. The lowest BCUT2D eigenvalue weighted by Gasteiger charge is -1.98. The predicted molar refractivity (Wildman–Crippen MR) is 58.2 cm³/mol. The van der Waals surface area contributed by atoms with Gasteiger partial charge >= 0.3 is 0 Å². The van der Waals surface area contributed by atoms with E-state index in [2.05, 4.69) is 10.3 Å². The van der Waals surface area contributed by atoms with Crippen molar-refractivity contribution in [1.82, 2.24) is 4.98 Å². The molecule has 2 rings (SSSR count). The number of aryl methyl sites for hydroxylation is 2. The fourth-order valence-electron chi connectivity index (χ4n) is 1.20. The third kappa shape index (κ3) is 2.07. The van der Waals surface area contributed by atoms with Crippen molar-refractivity contribution in [3.05, 3.63) is 34.7 Å². The number of aromatic nitrogens is 1. The second-order valence-electron chi connectivity index (χ2n) is 3.12. The van der Waals surface area contributed by atoms with Gasteiger partial charge in [0.15, 0.2) is 5.13 Å². The van der Waals surface area contributed by atoms with Crippen molar-refractivity contribution < 1.29 is 9.21 Å². The number of anilines is 1. The zero-order chi connectivity index (χ0) is 10.8. The van der Waals surface area contributed by atoms with Crippen LogP contribution in [0, 0.1) is 13.8 Å². The van der Waals surface area contributed by atoms with E-state index in [1.165, 1.54) is 17.6 Å². The Kier molecular flexibility index (Phi) is 2.55. The van der Waals surface area contributed by atoms with Crippen molar-refractivity contribution >= 4 is 22.4 Å². The normalized spacial score (nSPS) is 10.3. The Hall–Kier alpha value is -1.62. The van der Waals surface area contributed by atoms with Crippen LogP contribution >= 0.6 is 11.3 Å². The maximum absolute atomic E-state index is 11.7. The highest BCUT2D eigenvalue weighted by atomic mass is 32.1. The Balaban J connectivity index is 2.14. The van der Waals surface area contributed by atoms with E-state index in [1.54, 1.807) is 19.2 Å². The summed E-state index contributed by atoms with van der Waals surface area (Å²) in [6.45, 7) is 3.69. The molecule has 0 fully saturated rings. The summed E-state index contributed by atoms with van der Waals surface area (Å²) in [7, 11) is 0. The second kappa shape index (κ2) is 3.86. The largest absolute Gasteiger partial charge is 0.469 e. The van der Waals surface area contributed by atoms with Gasteiger partial charge in [-0.2, -0.15) is 0 Å². The number of hydrogen-bond donors (Lipinski definition) is 1. The summed E-state index contributed by atoms with van der Waals surface area (Å²) < 4.78 is 5.05. The minimum Gasteiger partial charge on any atom is -0.469 e. The third-order valence-electron chi connectivity index (χ3n) is 1.95. The molecular weight excluding hydrogens is 212 g/mol. The van der Waals surface area contributed by atoms with Gasteiger partial charge in [-0.1, -0.05) is 0 Å². The van der Waals surface area contributed by atoms with E-state index in [1.807, 2.05) is 6.92 Å². The molecular formula is C10H10N2O2S. The van der Waals surface area contributed by atoms with Crippen LogP contribution in [-0.2, 0) is 0 Å².